The Morgan fingerprint density at radius 2 is 1.60 bits per heavy atom. The molecule has 3 N–H and O–H groups in total. The Hall–Kier alpha value is -3.62. The highest BCUT2D eigenvalue weighted by Crippen LogP contribution is 2.19. The molecule has 1 aliphatic heterocycles. The fourth-order valence-electron chi connectivity index (χ4n) is 3.25. The van der Waals surface area contributed by atoms with E-state index in [1.165, 1.54) is 19.5 Å². The van der Waals surface area contributed by atoms with Gasteiger partial charge in [0.1, 0.15) is 6.26 Å². The lowest BCUT2D eigenvalue weighted by Gasteiger charge is -2.31. The lowest BCUT2D eigenvalue weighted by molar-refractivity contribution is -0.136. The zero-order valence-corrected chi connectivity index (χ0v) is 16.6. The number of hydrogen-bond acceptors (Lipinski definition) is 5. The number of furan rings is 1. The van der Waals surface area contributed by atoms with Crippen LogP contribution in [-0.2, 0) is 14.4 Å². The molecule has 2 heterocycles. The van der Waals surface area contributed by atoms with Crippen LogP contribution in [0.3, 0.4) is 0 Å². The van der Waals surface area contributed by atoms with Gasteiger partial charge in [-0.2, -0.15) is 0 Å². The number of rotatable bonds is 5. The van der Waals surface area contributed by atoms with Crippen molar-refractivity contribution in [2.75, 3.05) is 30.3 Å². The Balaban J connectivity index is 1.39. The number of nitrogens with zero attached hydrogens (tertiary/aromatic N) is 1. The summed E-state index contributed by atoms with van der Waals surface area (Å²) >= 11 is 0. The first-order valence-electron chi connectivity index (χ1n) is 9.70. The van der Waals surface area contributed by atoms with Gasteiger partial charge >= 0.3 is 11.8 Å². The van der Waals surface area contributed by atoms with Gasteiger partial charge in [0.15, 0.2) is 0 Å². The summed E-state index contributed by atoms with van der Waals surface area (Å²) in [7, 11) is 0. The molecule has 1 aromatic carbocycles. The van der Waals surface area contributed by atoms with Crippen molar-refractivity contribution in [2.24, 2.45) is 5.92 Å². The zero-order chi connectivity index (χ0) is 21.5. The topological polar surface area (TPSA) is 121 Å². The third-order valence-corrected chi connectivity index (χ3v) is 4.89. The van der Waals surface area contributed by atoms with Gasteiger partial charge in [0, 0.05) is 37.9 Å². The second-order valence-corrected chi connectivity index (χ2v) is 7.17. The minimum Gasteiger partial charge on any atom is -0.472 e. The fourth-order valence-corrected chi connectivity index (χ4v) is 3.25. The van der Waals surface area contributed by atoms with Crippen LogP contribution in [0.1, 0.15) is 30.1 Å². The highest BCUT2D eigenvalue weighted by Gasteiger charge is 2.25. The molecule has 2 aromatic rings. The SMILES string of the molecule is CC(=O)Nc1ccc(NC(=O)C(=O)NCC2CCN(C(=O)c3ccoc3)CC2)cc1. The van der Waals surface area contributed by atoms with E-state index in [0.29, 0.717) is 36.6 Å². The fraction of sp³-hybridized carbons (Fsp3) is 0.333. The second-order valence-electron chi connectivity index (χ2n) is 7.17. The molecule has 0 radical (unpaired) electrons. The third-order valence-electron chi connectivity index (χ3n) is 4.89. The summed E-state index contributed by atoms with van der Waals surface area (Å²) in [6.45, 7) is 2.97. The smallest absolute Gasteiger partial charge is 0.313 e. The summed E-state index contributed by atoms with van der Waals surface area (Å²) in [5.74, 6) is -1.52. The summed E-state index contributed by atoms with van der Waals surface area (Å²) in [4.78, 5) is 49.2. The van der Waals surface area contributed by atoms with Crippen molar-refractivity contribution in [3.8, 4) is 0 Å². The molecule has 9 heteroatoms. The van der Waals surface area contributed by atoms with Crippen molar-refractivity contribution in [2.45, 2.75) is 19.8 Å². The summed E-state index contributed by atoms with van der Waals surface area (Å²) in [6.07, 6.45) is 4.39. The van der Waals surface area contributed by atoms with E-state index in [9.17, 15) is 19.2 Å². The first kappa shape index (κ1) is 21.1. The van der Waals surface area contributed by atoms with Crippen LogP contribution < -0.4 is 16.0 Å². The Bertz CT molecular complexity index is 900. The predicted molar refractivity (Wildman–Crippen MR) is 110 cm³/mol. The molecule has 1 fully saturated rings. The largest absolute Gasteiger partial charge is 0.472 e. The molecule has 4 amide bonds. The number of piperidine rings is 1. The number of amides is 4. The van der Waals surface area contributed by atoms with Gasteiger partial charge in [0.2, 0.25) is 5.91 Å². The number of likely N-dealkylation sites (tertiary alicyclic amines) is 1. The van der Waals surface area contributed by atoms with E-state index in [4.69, 9.17) is 4.42 Å². The Kier molecular flexibility index (Phi) is 6.84. The van der Waals surface area contributed by atoms with Crippen LogP contribution in [0.25, 0.3) is 0 Å². The van der Waals surface area contributed by atoms with Crippen LogP contribution in [-0.4, -0.2) is 48.2 Å². The summed E-state index contributed by atoms with van der Waals surface area (Å²) in [5, 5.41) is 7.80. The van der Waals surface area contributed by atoms with Crippen molar-refractivity contribution >= 4 is 35.0 Å². The van der Waals surface area contributed by atoms with Crippen molar-refractivity contribution in [1.82, 2.24) is 10.2 Å². The molecule has 1 aromatic heterocycles. The van der Waals surface area contributed by atoms with Gasteiger partial charge in [-0.3, -0.25) is 19.2 Å². The van der Waals surface area contributed by atoms with Crippen LogP contribution >= 0.6 is 0 Å². The molecule has 158 valence electrons. The molecular formula is C21H24N4O5. The van der Waals surface area contributed by atoms with Crippen LogP contribution in [0, 0.1) is 5.92 Å². The normalized spacial score (nSPS) is 14.1. The van der Waals surface area contributed by atoms with Gasteiger partial charge in [-0.1, -0.05) is 0 Å². The molecular weight excluding hydrogens is 388 g/mol. The molecule has 30 heavy (non-hydrogen) atoms. The first-order chi connectivity index (χ1) is 14.4. The highest BCUT2D eigenvalue weighted by molar-refractivity contribution is 6.39. The molecule has 0 aliphatic carbocycles. The van der Waals surface area contributed by atoms with Gasteiger partial charge < -0.3 is 25.3 Å². The number of benzene rings is 1. The highest BCUT2D eigenvalue weighted by atomic mass is 16.3. The summed E-state index contributed by atoms with van der Waals surface area (Å²) in [5.41, 5.74) is 1.58. The molecule has 1 saturated heterocycles. The minimum atomic E-state index is -0.755. The van der Waals surface area contributed by atoms with E-state index >= 15 is 0 Å². The average Bonchev–Trinajstić information content (AvgIpc) is 3.28. The summed E-state index contributed by atoms with van der Waals surface area (Å²) < 4.78 is 4.95. The molecule has 0 saturated carbocycles. The lowest BCUT2D eigenvalue weighted by atomic mass is 9.96. The monoisotopic (exact) mass is 412 g/mol. The molecule has 0 bridgehead atoms. The van der Waals surface area contributed by atoms with Crippen molar-refractivity contribution in [3.63, 3.8) is 0 Å². The number of carbonyl (C=O) groups excluding carboxylic acids is 4. The Labute approximate surface area is 173 Å². The molecule has 1 aliphatic rings. The maximum Gasteiger partial charge on any atom is 0.313 e. The molecule has 0 atom stereocenters. The van der Waals surface area contributed by atoms with Crippen molar-refractivity contribution in [1.29, 1.82) is 0 Å². The van der Waals surface area contributed by atoms with Crippen LogP contribution in [0.5, 0.6) is 0 Å². The molecule has 3 rings (SSSR count). The van der Waals surface area contributed by atoms with Gasteiger partial charge in [0.25, 0.3) is 5.91 Å². The molecule has 0 spiro atoms. The Morgan fingerprint density at radius 3 is 2.17 bits per heavy atom. The number of hydrogen-bond donors (Lipinski definition) is 3. The Morgan fingerprint density at radius 1 is 0.967 bits per heavy atom. The predicted octanol–water partition coefficient (Wildman–Crippen LogP) is 1.85. The van der Waals surface area contributed by atoms with E-state index in [2.05, 4.69) is 16.0 Å². The first-order valence-corrected chi connectivity index (χ1v) is 9.70. The molecule has 9 nitrogen and oxygen atoms in total. The van der Waals surface area contributed by atoms with E-state index in [-0.39, 0.29) is 17.7 Å². The summed E-state index contributed by atoms with van der Waals surface area (Å²) in [6, 6.07) is 8.11. The molecule has 0 unspecified atom stereocenters. The minimum absolute atomic E-state index is 0.0601. The third kappa shape index (κ3) is 5.69. The maximum atomic E-state index is 12.3. The van der Waals surface area contributed by atoms with E-state index in [0.717, 1.165) is 12.8 Å². The van der Waals surface area contributed by atoms with Crippen molar-refractivity contribution in [3.05, 3.63) is 48.4 Å². The second kappa shape index (κ2) is 9.73. The number of carbonyl (C=O) groups is 4. The average molecular weight is 412 g/mol. The standard InChI is InChI=1S/C21H24N4O5/c1-14(26)23-17-2-4-18(5-3-17)24-20(28)19(27)22-12-15-6-9-25(10-7-15)21(29)16-8-11-30-13-16/h2-5,8,11,13,15H,6-7,9-10,12H2,1H3,(H,22,27)(H,23,26)(H,24,28). The van der Waals surface area contributed by atoms with Gasteiger partial charge in [-0.25, -0.2) is 0 Å². The van der Waals surface area contributed by atoms with E-state index in [1.54, 1.807) is 35.2 Å². The van der Waals surface area contributed by atoms with Crippen LogP contribution in [0.4, 0.5) is 11.4 Å². The van der Waals surface area contributed by atoms with E-state index < -0.39 is 11.8 Å². The van der Waals surface area contributed by atoms with Gasteiger partial charge in [0.05, 0.1) is 11.8 Å². The van der Waals surface area contributed by atoms with Crippen LogP contribution in [0.2, 0.25) is 0 Å². The number of anilines is 2. The van der Waals surface area contributed by atoms with Gasteiger partial charge in [-0.05, 0) is 49.1 Å². The number of nitrogens with one attached hydrogen (secondary N) is 3. The van der Waals surface area contributed by atoms with E-state index in [1.807, 2.05) is 0 Å². The zero-order valence-electron chi connectivity index (χ0n) is 16.6. The van der Waals surface area contributed by atoms with Crippen LogP contribution in [0.15, 0.2) is 47.3 Å². The van der Waals surface area contributed by atoms with Crippen molar-refractivity contribution < 1.29 is 23.6 Å². The van der Waals surface area contributed by atoms with Gasteiger partial charge in [-0.15, -0.1) is 0 Å². The lowest BCUT2D eigenvalue weighted by Crippen LogP contribution is -2.43. The quantitative estimate of drug-likeness (QED) is 0.647. The maximum absolute atomic E-state index is 12.3.